The third-order valence-electron chi connectivity index (χ3n) is 3.72. The van der Waals surface area contributed by atoms with E-state index in [1.807, 2.05) is 27.7 Å². The molecule has 0 aromatic heterocycles. The van der Waals surface area contributed by atoms with Crippen molar-refractivity contribution < 1.29 is 28.4 Å². The maximum absolute atomic E-state index is 5.99. The molecular formula is C15H22O6. The lowest BCUT2D eigenvalue weighted by molar-refractivity contribution is -0.242. The zero-order valence-corrected chi connectivity index (χ0v) is 12.8. The van der Waals surface area contributed by atoms with Crippen LogP contribution in [0.1, 0.15) is 27.7 Å². The molecule has 2 unspecified atom stereocenters. The van der Waals surface area contributed by atoms with Crippen LogP contribution in [0.15, 0.2) is 0 Å². The van der Waals surface area contributed by atoms with Crippen molar-refractivity contribution in [1.82, 2.24) is 0 Å². The fourth-order valence-electron chi connectivity index (χ4n) is 3.06. The highest BCUT2D eigenvalue weighted by Crippen LogP contribution is 2.44. The molecule has 118 valence electrons. The van der Waals surface area contributed by atoms with Gasteiger partial charge in [-0.25, -0.2) is 0 Å². The highest BCUT2D eigenvalue weighted by molar-refractivity contribution is 5.00. The van der Waals surface area contributed by atoms with E-state index in [4.69, 9.17) is 34.8 Å². The lowest BCUT2D eigenvalue weighted by Gasteiger charge is -2.37. The molecule has 5 atom stereocenters. The summed E-state index contributed by atoms with van der Waals surface area (Å²) < 4.78 is 35.0. The van der Waals surface area contributed by atoms with E-state index in [-0.39, 0.29) is 31.0 Å². The van der Waals surface area contributed by atoms with Crippen molar-refractivity contribution in [3.63, 3.8) is 0 Å². The molecule has 0 bridgehead atoms. The molecule has 3 heterocycles. The summed E-state index contributed by atoms with van der Waals surface area (Å²) in [6, 6.07) is 0. The summed E-state index contributed by atoms with van der Waals surface area (Å²) in [6.07, 6.45) is 3.58. The van der Waals surface area contributed by atoms with E-state index in [9.17, 15) is 0 Å². The molecule has 0 aromatic carbocycles. The first-order chi connectivity index (χ1) is 9.81. The molecule has 3 fully saturated rings. The third-order valence-corrected chi connectivity index (χ3v) is 3.72. The Morgan fingerprint density at radius 2 is 1.57 bits per heavy atom. The van der Waals surface area contributed by atoms with Gasteiger partial charge in [0.05, 0.1) is 6.61 Å². The number of hydrogen-bond donors (Lipinski definition) is 0. The first kappa shape index (κ1) is 15.2. The number of fused-ring (bicyclic) bond motifs is 3. The van der Waals surface area contributed by atoms with Gasteiger partial charge < -0.3 is 28.4 Å². The molecule has 0 amide bonds. The first-order valence-corrected chi connectivity index (χ1v) is 7.19. The smallest absolute Gasteiger partial charge is 0.190 e. The Morgan fingerprint density at radius 1 is 0.952 bits per heavy atom. The summed E-state index contributed by atoms with van der Waals surface area (Å²) in [5, 5.41) is 0. The van der Waals surface area contributed by atoms with Crippen molar-refractivity contribution in [2.24, 2.45) is 0 Å². The minimum Gasteiger partial charge on any atom is -0.366 e. The van der Waals surface area contributed by atoms with E-state index >= 15 is 0 Å². The molecule has 0 aliphatic carbocycles. The Balaban J connectivity index is 1.77. The quantitative estimate of drug-likeness (QED) is 0.573. The van der Waals surface area contributed by atoms with E-state index in [2.05, 4.69) is 5.92 Å². The molecular weight excluding hydrogens is 276 g/mol. The molecule has 6 heteroatoms. The van der Waals surface area contributed by atoms with Crippen molar-refractivity contribution in [2.75, 3.05) is 13.2 Å². The Labute approximate surface area is 125 Å². The summed E-state index contributed by atoms with van der Waals surface area (Å²) in [4.78, 5) is 0. The summed E-state index contributed by atoms with van der Waals surface area (Å²) >= 11 is 0. The summed E-state index contributed by atoms with van der Waals surface area (Å²) in [5.41, 5.74) is 0. The Kier molecular flexibility index (Phi) is 3.77. The molecule has 3 aliphatic heterocycles. The van der Waals surface area contributed by atoms with Crippen molar-refractivity contribution in [2.45, 2.75) is 70.0 Å². The van der Waals surface area contributed by atoms with Crippen LogP contribution >= 0.6 is 0 Å². The van der Waals surface area contributed by atoms with Gasteiger partial charge in [-0.15, -0.1) is 6.42 Å². The van der Waals surface area contributed by atoms with Gasteiger partial charge in [0.2, 0.25) is 0 Å². The predicted molar refractivity (Wildman–Crippen MR) is 72.2 cm³/mol. The van der Waals surface area contributed by atoms with Crippen LogP contribution in [-0.4, -0.2) is 55.5 Å². The second kappa shape index (κ2) is 5.20. The molecule has 0 aromatic rings. The number of ether oxygens (including phenoxy) is 6. The summed E-state index contributed by atoms with van der Waals surface area (Å²) in [6.45, 7) is 8.03. The SMILES string of the molecule is C#CCOCC1O[C@@H]2OC(C)(C)OC2[C@H]2OC(C)(C)O[C@@H]12. The highest BCUT2D eigenvalue weighted by atomic mass is 16.9. The molecule has 3 saturated heterocycles. The van der Waals surface area contributed by atoms with E-state index in [1.54, 1.807) is 0 Å². The molecule has 21 heavy (non-hydrogen) atoms. The largest absolute Gasteiger partial charge is 0.366 e. The fourth-order valence-corrected chi connectivity index (χ4v) is 3.06. The van der Waals surface area contributed by atoms with Crippen LogP contribution in [0.2, 0.25) is 0 Å². The maximum atomic E-state index is 5.99. The van der Waals surface area contributed by atoms with Crippen LogP contribution in [0, 0.1) is 12.3 Å². The van der Waals surface area contributed by atoms with Crippen molar-refractivity contribution in [3.8, 4) is 12.3 Å². The van der Waals surface area contributed by atoms with E-state index in [0.29, 0.717) is 6.61 Å². The van der Waals surface area contributed by atoms with Gasteiger partial charge in [0.1, 0.15) is 31.0 Å². The van der Waals surface area contributed by atoms with Crippen LogP contribution in [-0.2, 0) is 28.4 Å². The van der Waals surface area contributed by atoms with Crippen LogP contribution in [0.5, 0.6) is 0 Å². The van der Waals surface area contributed by atoms with Crippen LogP contribution in [0.25, 0.3) is 0 Å². The summed E-state index contributed by atoms with van der Waals surface area (Å²) in [5.74, 6) is 1.05. The summed E-state index contributed by atoms with van der Waals surface area (Å²) in [7, 11) is 0. The van der Waals surface area contributed by atoms with Crippen molar-refractivity contribution in [1.29, 1.82) is 0 Å². The van der Waals surface area contributed by atoms with Crippen LogP contribution in [0.3, 0.4) is 0 Å². The van der Waals surface area contributed by atoms with Gasteiger partial charge in [-0.05, 0) is 27.7 Å². The lowest BCUT2D eigenvalue weighted by Crippen LogP contribution is -2.56. The van der Waals surface area contributed by atoms with Crippen molar-refractivity contribution >= 4 is 0 Å². The Hall–Kier alpha value is -0.680. The Morgan fingerprint density at radius 3 is 2.29 bits per heavy atom. The second-order valence-electron chi connectivity index (χ2n) is 6.43. The Bertz CT molecular complexity index is 440. The standard InChI is InChI=1S/C15H22O6/c1-6-7-16-8-9-10-11(19-14(2,3)18-10)12-13(17-9)21-15(4,5)20-12/h1,9-13H,7-8H2,2-5H3/t9?,10-,11-,12?,13+/m0/s1. The number of hydrogen-bond acceptors (Lipinski definition) is 6. The fraction of sp³-hybridized carbons (Fsp3) is 0.867. The van der Waals surface area contributed by atoms with E-state index in [0.717, 1.165) is 0 Å². The second-order valence-corrected chi connectivity index (χ2v) is 6.43. The molecule has 0 spiro atoms. The number of rotatable bonds is 3. The van der Waals surface area contributed by atoms with Gasteiger partial charge in [-0.2, -0.15) is 0 Å². The molecule has 6 nitrogen and oxygen atoms in total. The van der Waals surface area contributed by atoms with Crippen LogP contribution < -0.4 is 0 Å². The lowest BCUT2D eigenvalue weighted by atomic mass is 9.99. The average Bonchev–Trinajstić information content (AvgIpc) is 2.84. The predicted octanol–water partition coefficient (Wildman–Crippen LogP) is 1.03. The maximum Gasteiger partial charge on any atom is 0.190 e. The number of terminal acetylenes is 1. The van der Waals surface area contributed by atoms with Gasteiger partial charge >= 0.3 is 0 Å². The van der Waals surface area contributed by atoms with Crippen LogP contribution in [0.4, 0.5) is 0 Å². The average molecular weight is 298 g/mol. The minimum atomic E-state index is -0.704. The minimum absolute atomic E-state index is 0.235. The van der Waals surface area contributed by atoms with Gasteiger partial charge in [0.15, 0.2) is 17.9 Å². The molecule has 3 aliphatic rings. The van der Waals surface area contributed by atoms with E-state index < -0.39 is 17.9 Å². The van der Waals surface area contributed by atoms with Gasteiger partial charge in [0, 0.05) is 0 Å². The normalized spacial score (nSPS) is 43.1. The molecule has 0 N–H and O–H groups in total. The van der Waals surface area contributed by atoms with E-state index in [1.165, 1.54) is 0 Å². The van der Waals surface area contributed by atoms with Crippen molar-refractivity contribution in [3.05, 3.63) is 0 Å². The molecule has 3 rings (SSSR count). The molecule has 0 saturated carbocycles. The zero-order valence-electron chi connectivity index (χ0n) is 12.8. The molecule has 0 radical (unpaired) electrons. The highest BCUT2D eigenvalue weighted by Gasteiger charge is 2.60. The topological polar surface area (TPSA) is 55.4 Å². The first-order valence-electron chi connectivity index (χ1n) is 7.19. The zero-order chi connectivity index (χ0) is 15.3. The third kappa shape index (κ3) is 2.95. The van der Waals surface area contributed by atoms with Gasteiger partial charge in [0.25, 0.3) is 0 Å². The monoisotopic (exact) mass is 298 g/mol. The van der Waals surface area contributed by atoms with Gasteiger partial charge in [-0.3, -0.25) is 0 Å². The van der Waals surface area contributed by atoms with Gasteiger partial charge in [-0.1, -0.05) is 5.92 Å².